The maximum atomic E-state index is 13.1. The van der Waals surface area contributed by atoms with Gasteiger partial charge < -0.3 is 19.4 Å². The molecule has 1 aromatic heterocycles. The Morgan fingerprint density at radius 2 is 1.82 bits per heavy atom. The Morgan fingerprint density at radius 3 is 2.62 bits per heavy atom. The van der Waals surface area contributed by atoms with Gasteiger partial charge in [0.2, 0.25) is 12.7 Å². The number of nitrogens with one attached hydrogen (secondary N) is 1. The molecule has 0 atom stereocenters. The Kier molecular flexibility index (Phi) is 6.44. The number of anilines is 1. The SMILES string of the molecule is O=C(CN1C(=O)S/C(=C\c2cn(Cc3ccc([N+](=O)[O-])cc3)c3ccccc23)C1=O)Nc1ccc2c(c1)OCO2. The average molecular weight is 557 g/mol. The maximum absolute atomic E-state index is 13.1. The highest BCUT2D eigenvalue weighted by Crippen LogP contribution is 2.36. The Bertz CT molecular complexity index is 1730. The van der Waals surface area contributed by atoms with Crippen molar-refractivity contribution in [1.29, 1.82) is 0 Å². The molecule has 40 heavy (non-hydrogen) atoms. The van der Waals surface area contributed by atoms with Gasteiger partial charge in [-0.1, -0.05) is 30.3 Å². The highest BCUT2D eigenvalue weighted by molar-refractivity contribution is 8.18. The number of non-ortho nitro benzene ring substituents is 1. The zero-order chi connectivity index (χ0) is 27.8. The van der Waals surface area contributed by atoms with Crippen molar-refractivity contribution in [2.75, 3.05) is 18.7 Å². The molecule has 200 valence electrons. The molecule has 3 aromatic carbocycles. The smallest absolute Gasteiger partial charge is 0.294 e. The van der Waals surface area contributed by atoms with E-state index in [1.165, 1.54) is 12.1 Å². The van der Waals surface area contributed by atoms with Crippen LogP contribution in [0.15, 0.2) is 77.8 Å². The maximum Gasteiger partial charge on any atom is 0.294 e. The molecule has 0 radical (unpaired) electrons. The molecule has 4 aromatic rings. The Balaban J connectivity index is 1.20. The summed E-state index contributed by atoms with van der Waals surface area (Å²) in [6.07, 6.45) is 3.52. The lowest BCUT2D eigenvalue weighted by Crippen LogP contribution is -2.36. The fraction of sp³-hybridized carbons (Fsp3) is 0.107. The molecule has 3 heterocycles. The fourth-order valence-corrected chi connectivity index (χ4v) is 5.37. The molecule has 12 heteroatoms. The van der Waals surface area contributed by atoms with Gasteiger partial charge in [0, 0.05) is 53.1 Å². The normalized spacial score (nSPS) is 15.3. The summed E-state index contributed by atoms with van der Waals surface area (Å²) in [6, 6.07) is 18.9. The minimum atomic E-state index is -0.553. The van der Waals surface area contributed by atoms with Crippen molar-refractivity contribution in [1.82, 2.24) is 9.47 Å². The van der Waals surface area contributed by atoms with Crippen molar-refractivity contribution in [2.45, 2.75) is 6.54 Å². The number of para-hydroxylation sites is 1. The third-order valence-electron chi connectivity index (χ3n) is 6.44. The van der Waals surface area contributed by atoms with Crippen LogP contribution in [0.5, 0.6) is 11.5 Å². The summed E-state index contributed by atoms with van der Waals surface area (Å²) in [4.78, 5) is 50.1. The van der Waals surface area contributed by atoms with E-state index in [0.29, 0.717) is 23.7 Å². The molecule has 1 N–H and O–H groups in total. The number of benzene rings is 3. The Labute approximate surface area is 231 Å². The van der Waals surface area contributed by atoms with E-state index in [2.05, 4.69) is 5.32 Å². The predicted octanol–water partition coefficient (Wildman–Crippen LogP) is 5.00. The number of hydrogen-bond acceptors (Lipinski definition) is 8. The van der Waals surface area contributed by atoms with Crippen LogP contribution in [0.1, 0.15) is 11.1 Å². The van der Waals surface area contributed by atoms with Gasteiger partial charge in [0.15, 0.2) is 11.5 Å². The van der Waals surface area contributed by atoms with Crippen LogP contribution in [0.25, 0.3) is 17.0 Å². The van der Waals surface area contributed by atoms with Gasteiger partial charge in [0.1, 0.15) is 6.54 Å². The van der Waals surface area contributed by atoms with Gasteiger partial charge in [-0.05, 0) is 41.6 Å². The van der Waals surface area contributed by atoms with Crippen LogP contribution in [0.4, 0.5) is 16.2 Å². The number of hydrogen-bond donors (Lipinski definition) is 1. The summed E-state index contributed by atoms with van der Waals surface area (Å²) in [5, 5.41) is 14.0. The molecule has 6 rings (SSSR count). The lowest BCUT2D eigenvalue weighted by molar-refractivity contribution is -0.384. The number of nitrogens with zero attached hydrogens (tertiary/aromatic N) is 3. The van der Waals surface area contributed by atoms with E-state index < -0.39 is 28.5 Å². The zero-order valence-corrected chi connectivity index (χ0v) is 21.6. The van der Waals surface area contributed by atoms with Crippen LogP contribution >= 0.6 is 11.8 Å². The van der Waals surface area contributed by atoms with E-state index in [0.717, 1.165) is 38.7 Å². The van der Waals surface area contributed by atoms with Crippen LogP contribution < -0.4 is 14.8 Å². The minimum absolute atomic E-state index is 0.0158. The summed E-state index contributed by atoms with van der Waals surface area (Å²) in [5.74, 6) is -0.00651. The molecule has 1 saturated heterocycles. The second kappa shape index (κ2) is 10.2. The predicted molar refractivity (Wildman–Crippen MR) is 148 cm³/mol. The van der Waals surface area contributed by atoms with Gasteiger partial charge in [-0.3, -0.25) is 29.4 Å². The second-order valence-corrected chi connectivity index (χ2v) is 10.0. The van der Waals surface area contributed by atoms with Gasteiger partial charge in [-0.25, -0.2) is 0 Å². The second-order valence-electron chi connectivity index (χ2n) is 9.04. The third kappa shape index (κ3) is 4.87. The number of nitro groups is 1. The molecule has 2 aliphatic heterocycles. The van der Waals surface area contributed by atoms with E-state index in [-0.39, 0.29) is 17.4 Å². The first-order chi connectivity index (χ1) is 19.4. The van der Waals surface area contributed by atoms with E-state index in [1.807, 2.05) is 35.0 Å². The molecule has 2 aliphatic rings. The summed E-state index contributed by atoms with van der Waals surface area (Å²) in [7, 11) is 0. The largest absolute Gasteiger partial charge is 0.454 e. The Morgan fingerprint density at radius 1 is 1.05 bits per heavy atom. The van der Waals surface area contributed by atoms with Crippen LogP contribution in [-0.2, 0) is 16.1 Å². The molecule has 0 saturated carbocycles. The van der Waals surface area contributed by atoms with Gasteiger partial charge in [0.05, 0.1) is 9.83 Å². The standard InChI is InChI=1S/C28H20N4O7S/c33-26(29-19-7-10-23-24(12-19)39-16-38-23)15-31-27(34)25(40-28(31)35)11-18-14-30(22-4-2-1-3-21(18)22)13-17-5-8-20(9-6-17)32(36)37/h1-12,14H,13,15-16H2,(H,29,33)/b25-11-. The molecule has 0 unspecified atom stereocenters. The highest BCUT2D eigenvalue weighted by atomic mass is 32.2. The average Bonchev–Trinajstić information content (AvgIpc) is 3.62. The molecular formula is C28H20N4O7S. The first kappa shape index (κ1) is 25.2. The lowest BCUT2D eigenvalue weighted by atomic mass is 10.1. The monoisotopic (exact) mass is 556 g/mol. The van der Waals surface area contributed by atoms with E-state index in [9.17, 15) is 24.5 Å². The number of nitro benzene ring substituents is 1. The summed E-state index contributed by atoms with van der Waals surface area (Å²) in [5.41, 5.74) is 2.97. The van der Waals surface area contributed by atoms with Gasteiger partial charge in [-0.15, -0.1) is 0 Å². The summed E-state index contributed by atoms with van der Waals surface area (Å²) < 4.78 is 12.5. The van der Waals surface area contributed by atoms with Crippen LogP contribution in [0.3, 0.4) is 0 Å². The van der Waals surface area contributed by atoms with Crippen LogP contribution in [0, 0.1) is 10.1 Å². The number of amides is 3. The summed E-state index contributed by atoms with van der Waals surface area (Å²) >= 11 is 0.776. The topological polar surface area (TPSA) is 133 Å². The molecule has 1 fully saturated rings. The lowest BCUT2D eigenvalue weighted by Gasteiger charge is -2.12. The number of ether oxygens (including phenoxy) is 2. The molecular weight excluding hydrogens is 536 g/mol. The number of aromatic nitrogens is 1. The first-order valence-corrected chi connectivity index (χ1v) is 12.9. The first-order valence-electron chi connectivity index (χ1n) is 12.1. The van der Waals surface area contributed by atoms with Gasteiger partial charge in [-0.2, -0.15) is 0 Å². The quantitative estimate of drug-likeness (QED) is 0.191. The third-order valence-corrected chi connectivity index (χ3v) is 7.35. The molecule has 0 spiro atoms. The van der Waals surface area contributed by atoms with Crippen molar-refractivity contribution in [3.05, 3.63) is 99.1 Å². The van der Waals surface area contributed by atoms with Crippen molar-refractivity contribution in [2.24, 2.45) is 0 Å². The van der Waals surface area contributed by atoms with Gasteiger partial charge >= 0.3 is 0 Å². The van der Waals surface area contributed by atoms with Crippen molar-refractivity contribution >= 4 is 57.2 Å². The minimum Gasteiger partial charge on any atom is -0.454 e. The number of carbonyl (C=O) groups excluding carboxylic acids is 3. The molecule has 0 aliphatic carbocycles. The van der Waals surface area contributed by atoms with E-state index in [4.69, 9.17) is 9.47 Å². The van der Waals surface area contributed by atoms with Crippen molar-refractivity contribution in [3.63, 3.8) is 0 Å². The fourth-order valence-electron chi connectivity index (χ4n) is 4.54. The molecule has 0 bridgehead atoms. The Hall–Kier alpha value is -5.10. The summed E-state index contributed by atoms with van der Waals surface area (Å²) in [6.45, 7) is 0.123. The van der Waals surface area contributed by atoms with Crippen LogP contribution in [-0.4, -0.2) is 44.8 Å². The van der Waals surface area contributed by atoms with Crippen molar-refractivity contribution in [3.8, 4) is 11.5 Å². The number of carbonyl (C=O) groups is 3. The zero-order valence-electron chi connectivity index (χ0n) is 20.7. The van der Waals surface area contributed by atoms with E-state index in [1.54, 1.807) is 36.4 Å². The van der Waals surface area contributed by atoms with Gasteiger partial charge in [0.25, 0.3) is 16.8 Å². The highest BCUT2D eigenvalue weighted by Gasteiger charge is 2.36. The molecule has 11 nitrogen and oxygen atoms in total. The number of fused-ring (bicyclic) bond motifs is 2. The molecule has 3 amide bonds. The number of thioether (sulfide) groups is 1. The van der Waals surface area contributed by atoms with Crippen molar-refractivity contribution < 1.29 is 28.8 Å². The van der Waals surface area contributed by atoms with Crippen LogP contribution in [0.2, 0.25) is 0 Å². The number of imide groups is 1. The van der Waals surface area contributed by atoms with E-state index >= 15 is 0 Å². The number of rotatable bonds is 7.